The zero-order valence-electron chi connectivity index (χ0n) is 13.8. The molecule has 0 saturated carbocycles. The number of likely N-dealkylation sites (N-methyl/N-ethyl adjacent to an activating group) is 2. The maximum atomic E-state index is 12.5. The van der Waals surface area contributed by atoms with Gasteiger partial charge in [0, 0.05) is 19.2 Å². The second-order valence-corrected chi connectivity index (χ2v) is 5.47. The lowest BCUT2D eigenvalue weighted by molar-refractivity contribution is -0.136. The molecular weight excluding hydrogens is 268 g/mol. The largest absolute Gasteiger partial charge is 0.493 e. The third-order valence-electron chi connectivity index (χ3n) is 3.39. The molecule has 5 heteroatoms. The molecule has 0 heterocycles. The molecule has 0 aliphatic carbocycles. The number of nitrogens with one attached hydrogen (secondary N) is 1. The highest BCUT2D eigenvalue weighted by Gasteiger charge is 2.29. The Bertz CT molecular complexity index is 486. The predicted octanol–water partition coefficient (Wildman–Crippen LogP) is 2.05. The second kappa shape index (κ2) is 7.31. The minimum Gasteiger partial charge on any atom is -0.493 e. The highest BCUT2D eigenvalue weighted by atomic mass is 16.5. The molecular formula is C16H26N2O3. The minimum atomic E-state index is -0.588. The maximum absolute atomic E-state index is 12.5. The van der Waals surface area contributed by atoms with Gasteiger partial charge in [0.2, 0.25) is 5.91 Å². The number of methoxy groups -OCH3 is 2. The van der Waals surface area contributed by atoms with Gasteiger partial charge >= 0.3 is 0 Å². The van der Waals surface area contributed by atoms with E-state index in [2.05, 4.69) is 5.32 Å². The number of rotatable bonds is 7. The van der Waals surface area contributed by atoms with Gasteiger partial charge in [-0.05, 0) is 26.5 Å². The lowest BCUT2D eigenvalue weighted by Gasteiger charge is -2.30. The van der Waals surface area contributed by atoms with E-state index in [1.165, 1.54) is 0 Å². The third kappa shape index (κ3) is 4.11. The van der Waals surface area contributed by atoms with Crippen LogP contribution in [0.1, 0.15) is 26.3 Å². The van der Waals surface area contributed by atoms with Gasteiger partial charge < -0.3 is 19.7 Å². The molecule has 0 unspecified atom stereocenters. The van der Waals surface area contributed by atoms with Crippen molar-refractivity contribution in [3.8, 4) is 11.5 Å². The third-order valence-corrected chi connectivity index (χ3v) is 3.39. The molecule has 0 aliphatic rings. The lowest BCUT2D eigenvalue weighted by atomic mass is 10.0. The molecule has 21 heavy (non-hydrogen) atoms. The first-order valence-corrected chi connectivity index (χ1v) is 7.07. The zero-order chi connectivity index (χ0) is 16.0. The molecule has 0 bridgehead atoms. The Balaban J connectivity index is 2.93. The van der Waals surface area contributed by atoms with Crippen molar-refractivity contribution in [1.29, 1.82) is 0 Å². The summed E-state index contributed by atoms with van der Waals surface area (Å²) in [5.74, 6) is 1.37. The van der Waals surface area contributed by atoms with E-state index in [0.717, 1.165) is 12.1 Å². The fourth-order valence-corrected chi connectivity index (χ4v) is 2.40. The first-order chi connectivity index (χ1) is 9.87. The summed E-state index contributed by atoms with van der Waals surface area (Å²) in [5, 5.41) is 3.19. The van der Waals surface area contributed by atoms with Crippen molar-refractivity contribution < 1.29 is 14.3 Å². The molecule has 1 rings (SSSR count). The van der Waals surface area contributed by atoms with Gasteiger partial charge in [-0.1, -0.05) is 19.1 Å². The Morgan fingerprint density at radius 3 is 2.48 bits per heavy atom. The second-order valence-electron chi connectivity index (χ2n) is 5.47. The van der Waals surface area contributed by atoms with Gasteiger partial charge in [-0.25, -0.2) is 0 Å². The van der Waals surface area contributed by atoms with Gasteiger partial charge in [-0.2, -0.15) is 0 Å². The predicted molar refractivity (Wildman–Crippen MR) is 83.8 cm³/mol. The van der Waals surface area contributed by atoms with Crippen molar-refractivity contribution in [2.24, 2.45) is 0 Å². The Kier molecular flexibility index (Phi) is 6.03. The topological polar surface area (TPSA) is 50.8 Å². The molecule has 1 aromatic rings. The summed E-state index contributed by atoms with van der Waals surface area (Å²) in [6.07, 6.45) is 0. The van der Waals surface area contributed by atoms with Crippen LogP contribution in [0, 0.1) is 0 Å². The lowest BCUT2D eigenvalue weighted by Crippen LogP contribution is -2.52. The molecule has 0 aromatic heterocycles. The highest BCUT2D eigenvalue weighted by Crippen LogP contribution is 2.31. The number of ether oxygens (including phenoxy) is 2. The van der Waals surface area contributed by atoms with E-state index in [4.69, 9.17) is 9.47 Å². The number of amides is 1. The molecule has 1 amide bonds. The van der Waals surface area contributed by atoms with Crippen LogP contribution in [0.3, 0.4) is 0 Å². The van der Waals surface area contributed by atoms with Gasteiger partial charge in [-0.3, -0.25) is 4.79 Å². The molecule has 5 nitrogen and oxygen atoms in total. The number of nitrogens with zero attached hydrogens (tertiary/aromatic N) is 1. The molecule has 1 aromatic carbocycles. The number of hydrogen-bond acceptors (Lipinski definition) is 4. The minimum absolute atomic E-state index is 0.0363. The molecule has 0 fully saturated rings. The van der Waals surface area contributed by atoms with Gasteiger partial charge in [0.15, 0.2) is 11.5 Å². The Labute approximate surface area is 127 Å². The summed E-state index contributed by atoms with van der Waals surface area (Å²) in [7, 11) is 5.00. The summed E-state index contributed by atoms with van der Waals surface area (Å²) in [6, 6.07) is 5.67. The quantitative estimate of drug-likeness (QED) is 0.836. The SMILES string of the molecule is CCNC(C)(C)C(=O)N(C)Cc1cccc(OC)c1OC. The number of carbonyl (C=O) groups excluding carboxylic acids is 1. The van der Waals surface area contributed by atoms with E-state index < -0.39 is 5.54 Å². The molecule has 0 spiro atoms. The number of benzene rings is 1. The summed E-state index contributed by atoms with van der Waals surface area (Å²) >= 11 is 0. The Hall–Kier alpha value is -1.75. The maximum Gasteiger partial charge on any atom is 0.242 e. The van der Waals surface area contributed by atoms with Gasteiger partial charge in [0.25, 0.3) is 0 Å². The van der Waals surface area contributed by atoms with Crippen LogP contribution in [0.25, 0.3) is 0 Å². The van der Waals surface area contributed by atoms with Gasteiger partial charge in [0.05, 0.1) is 19.8 Å². The van der Waals surface area contributed by atoms with Crippen molar-refractivity contribution in [2.75, 3.05) is 27.8 Å². The van der Waals surface area contributed by atoms with Crippen LogP contribution in [0.2, 0.25) is 0 Å². The van der Waals surface area contributed by atoms with Gasteiger partial charge in [0.1, 0.15) is 0 Å². The standard InChI is InChI=1S/C16H26N2O3/c1-7-17-16(2,3)15(19)18(4)11-12-9-8-10-13(20-5)14(12)21-6/h8-10,17H,7,11H2,1-6H3. The molecule has 0 saturated heterocycles. The Morgan fingerprint density at radius 1 is 1.29 bits per heavy atom. The van der Waals surface area contributed by atoms with E-state index in [1.54, 1.807) is 26.2 Å². The van der Waals surface area contributed by atoms with E-state index in [9.17, 15) is 4.79 Å². The highest BCUT2D eigenvalue weighted by molar-refractivity contribution is 5.85. The van der Waals surface area contributed by atoms with E-state index in [-0.39, 0.29) is 5.91 Å². The van der Waals surface area contributed by atoms with Crippen LogP contribution in [0.15, 0.2) is 18.2 Å². The van der Waals surface area contributed by atoms with Crippen molar-refractivity contribution in [3.05, 3.63) is 23.8 Å². The van der Waals surface area contributed by atoms with Crippen LogP contribution in [-0.2, 0) is 11.3 Å². The van der Waals surface area contributed by atoms with Crippen LogP contribution in [-0.4, -0.2) is 44.2 Å². The molecule has 118 valence electrons. The summed E-state index contributed by atoms with van der Waals surface area (Å²) in [6.45, 7) is 6.97. The van der Waals surface area contributed by atoms with Crippen molar-refractivity contribution in [3.63, 3.8) is 0 Å². The van der Waals surface area contributed by atoms with Crippen LogP contribution in [0.5, 0.6) is 11.5 Å². The number of para-hydroxylation sites is 1. The van der Waals surface area contributed by atoms with Crippen LogP contribution >= 0.6 is 0 Å². The zero-order valence-corrected chi connectivity index (χ0v) is 13.8. The number of carbonyl (C=O) groups is 1. The van der Waals surface area contributed by atoms with Crippen LogP contribution < -0.4 is 14.8 Å². The van der Waals surface area contributed by atoms with Crippen molar-refractivity contribution in [1.82, 2.24) is 10.2 Å². The first-order valence-electron chi connectivity index (χ1n) is 7.07. The summed E-state index contributed by atoms with van der Waals surface area (Å²) < 4.78 is 10.7. The molecule has 0 aliphatic heterocycles. The first kappa shape index (κ1) is 17.3. The van der Waals surface area contributed by atoms with E-state index in [1.807, 2.05) is 39.0 Å². The van der Waals surface area contributed by atoms with Crippen molar-refractivity contribution in [2.45, 2.75) is 32.9 Å². The Morgan fingerprint density at radius 2 is 1.95 bits per heavy atom. The van der Waals surface area contributed by atoms with Gasteiger partial charge in [-0.15, -0.1) is 0 Å². The van der Waals surface area contributed by atoms with Crippen molar-refractivity contribution >= 4 is 5.91 Å². The van der Waals surface area contributed by atoms with E-state index >= 15 is 0 Å². The van der Waals surface area contributed by atoms with Crippen LogP contribution in [0.4, 0.5) is 0 Å². The average Bonchev–Trinajstić information content (AvgIpc) is 2.45. The number of hydrogen-bond donors (Lipinski definition) is 1. The van der Waals surface area contributed by atoms with E-state index in [0.29, 0.717) is 18.0 Å². The monoisotopic (exact) mass is 294 g/mol. The summed E-state index contributed by atoms with van der Waals surface area (Å²) in [5.41, 5.74) is 0.329. The molecule has 0 radical (unpaired) electrons. The molecule has 1 N–H and O–H groups in total. The molecule has 0 atom stereocenters. The summed E-state index contributed by atoms with van der Waals surface area (Å²) in [4.78, 5) is 14.2. The fraction of sp³-hybridized carbons (Fsp3) is 0.562. The smallest absolute Gasteiger partial charge is 0.242 e. The average molecular weight is 294 g/mol. The normalized spacial score (nSPS) is 11.1. The fourth-order valence-electron chi connectivity index (χ4n) is 2.40.